The number of hydrogen-bond donors (Lipinski definition) is 0. The van der Waals surface area contributed by atoms with Crippen LogP contribution in [-0.2, 0) is 0 Å². The Kier molecular flexibility index (Phi) is 1.86. The van der Waals surface area contributed by atoms with Crippen molar-refractivity contribution in [3.8, 4) is 0 Å². The molecule has 0 bridgehead atoms. The molecule has 3 heteroatoms. The van der Waals surface area contributed by atoms with Crippen molar-refractivity contribution in [1.29, 1.82) is 0 Å². The molecule has 1 nitrogen and oxygen atoms in total. The predicted octanol–water partition coefficient (Wildman–Crippen LogP) is 3.67. The number of rotatable bonds is 0. The monoisotopic (exact) mass is 215 g/mol. The molecule has 78 valence electrons. The summed E-state index contributed by atoms with van der Waals surface area (Å²) in [5.41, 5.74) is 0.497. The second kappa shape index (κ2) is 3.23. The Hall–Kier alpha value is -2.03. The molecule has 0 radical (unpaired) electrons. The molecule has 3 rings (SSSR count). The molecule has 0 N–H and O–H groups in total. The first-order chi connectivity index (χ1) is 7.77. The summed E-state index contributed by atoms with van der Waals surface area (Å²) in [6.45, 7) is 0. The summed E-state index contributed by atoms with van der Waals surface area (Å²) in [5, 5.41) is 1.32. The van der Waals surface area contributed by atoms with Crippen LogP contribution in [0.25, 0.3) is 21.7 Å². The van der Waals surface area contributed by atoms with Gasteiger partial charge in [-0.25, -0.2) is 8.78 Å². The molecule has 0 spiro atoms. The van der Waals surface area contributed by atoms with Crippen molar-refractivity contribution < 1.29 is 8.78 Å². The van der Waals surface area contributed by atoms with Crippen LogP contribution < -0.4 is 0 Å². The van der Waals surface area contributed by atoms with Gasteiger partial charge in [0.25, 0.3) is 0 Å². The van der Waals surface area contributed by atoms with Crippen LogP contribution in [0.15, 0.2) is 42.6 Å². The van der Waals surface area contributed by atoms with Crippen LogP contribution >= 0.6 is 0 Å². The Balaban J connectivity index is 2.64. The molecule has 3 aromatic rings. The SMILES string of the molecule is Fc1ccc(F)c2c1ccc1cccnc12. The van der Waals surface area contributed by atoms with E-state index in [0.29, 0.717) is 5.52 Å². The van der Waals surface area contributed by atoms with Crippen LogP contribution in [-0.4, -0.2) is 4.98 Å². The Morgan fingerprint density at radius 2 is 1.69 bits per heavy atom. The lowest BCUT2D eigenvalue weighted by Crippen LogP contribution is -1.88. The molecule has 1 heterocycles. The van der Waals surface area contributed by atoms with Gasteiger partial charge in [-0.05, 0) is 18.2 Å². The fourth-order valence-corrected chi connectivity index (χ4v) is 1.91. The van der Waals surface area contributed by atoms with Gasteiger partial charge in [-0.1, -0.05) is 18.2 Å². The Morgan fingerprint density at radius 1 is 0.875 bits per heavy atom. The third-order valence-electron chi connectivity index (χ3n) is 2.65. The van der Waals surface area contributed by atoms with Crippen molar-refractivity contribution in [3.63, 3.8) is 0 Å². The normalized spacial score (nSPS) is 11.1. The van der Waals surface area contributed by atoms with E-state index in [2.05, 4.69) is 4.98 Å². The van der Waals surface area contributed by atoms with Crippen LogP contribution in [0, 0.1) is 11.6 Å². The van der Waals surface area contributed by atoms with E-state index in [1.54, 1.807) is 24.4 Å². The van der Waals surface area contributed by atoms with Gasteiger partial charge in [0.1, 0.15) is 11.6 Å². The number of halogens is 2. The maximum absolute atomic E-state index is 13.7. The molecule has 0 unspecified atom stereocenters. The number of fused-ring (bicyclic) bond motifs is 3. The highest BCUT2D eigenvalue weighted by Crippen LogP contribution is 2.27. The third kappa shape index (κ3) is 1.18. The minimum atomic E-state index is -0.444. The lowest BCUT2D eigenvalue weighted by molar-refractivity contribution is 0.618. The molecule has 2 aromatic carbocycles. The maximum atomic E-state index is 13.7. The molecule has 0 saturated carbocycles. The highest BCUT2D eigenvalue weighted by Gasteiger charge is 2.09. The first kappa shape index (κ1) is 9.21. The molecule has 0 aliphatic heterocycles. The van der Waals surface area contributed by atoms with Crippen molar-refractivity contribution in [1.82, 2.24) is 4.98 Å². The molecule has 16 heavy (non-hydrogen) atoms. The second-order valence-corrected chi connectivity index (χ2v) is 3.59. The van der Waals surface area contributed by atoms with Gasteiger partial charge in [-0.15, -0.1) is 0 Å². The average Bonchev–Trinajstić information content (AvgIpc) is 2.33. The van der Waals surface area contributed by atoms with Crippen LogP contribution in [0.1, 0.15) is 0 Å². The lowest BCUT2D eigenvalue weighted by atomic mass is 10.1. The van der Waals surface area contributed by atoms with Crippen LogP contribution in [0.4, 0.5) is 8.78 Å². The fourth-order valence-electron chi connectivity index (χ4n) is 1.91. The lowest BCUT2D eigenvalue weighted by Gasteiger charge is -2.04. The summed E-state index contributed by atoms with van der Waals surface area (Å²) >= 11 is 0. The van der Waals surface area contributed by atoms with Gasteiger partial charge in [0, 0.05) is 22.4 Å². The molecular formula is C13H7F2N. The van der Waals surface area contributed by atoms with Gasteiger partial charge in [-0.2, -0.15) is 0 Å². The summed E-state index contributed by atoms with van der Waals surface area (Å²) in [4.78, 5) is 4.10. The van der Waals surface area contributed by atoms with Gasteiger partial charge < -0.3 is 0 Å². The molecule has 0 amide bonds. The number of benzene rings is 2. The predicted molar refractivity (Wildman–Crippen MR) is 59.2 cm³/mol. The van der Waals surface area contributed by atoms with Crippen LogP contribution in [0.5, 0.6) is 0 Å². The zero-order chi connectivity index (χ0) is 11.1. The summed E-state index contributed by atoms with van der Waals surface area (Å²) < 4.78 is 27.2. The van der Waals surface area contributed by atoms with Crippen LogP contribution in [0.2, 0.25) is 0 Å². The highest BCUT2D eigenvalue weighted by molar-refractivity contribution is 6.05. The number of nitrogens with zero attached hydrogens (tertiary/aromatic N) is 1. The molecular weight excluding hydrogens is 208 g/mol. The third-order valence-corrected chi connectivity index (χ3v) is 2.65. The van der Waals surface area contributed by atoms with E-state index in [9.17, 15) is 8.78 Å². The highest BCUT2D eigenvalue weighted by atomic mass is 19.1. The molecule has 0 atom stereocenters. The molecule has 0 aliphatic rings. The topological polar surface area (TPSA) is 12.9 Å². The number of pyridine rings is 1. The van der Waals surface area contributed by atoms with Gasteiger partial charge in [0.05, 0.1) is 5.52 Å². The summed E-state index contributed by atoms with van der Waals surface area (Å²) in [6, 6.07) is 9.18. The fraction of sp³-hybridized carbons (Fsp3) is 0. The van der Waals surface area contributed by atoms with E-state index >= 15 is 0 Å². The second-order valence-electron chi connectivity index (χ2n) is 3.59. The Morgan fingerprint density at radius 3 is 2.56 bits per heavy atom. The van der Waals surface area contributed by atoms with Gasteiger partial charge >= 0.3 is 0 Å². The van der Waals surface area contributed by atoms with Gasteiger partial charge in [0.15, 0.2) is 0 Å². The molecule has 0 fully saturated rings. The van der Waals surface area contributed by atoms with Crippen molar-refractivity contribution in [2.24, 2.45) is 0 Å². The molecule has 1 aromatic heterocycles. The summed E-state index contributed by atoms with van der Waals surface area (Å²) in [7, 11) is 0. The van der Waals surface area contributed by atoms with Crippen molar-refractivity contribution in [3.05, 3.63) is 54.2 Å². The Bertz CT molecular complexity index is 692. The molecule has 0 aliphatic carbocycles. The van der Waals surface area contributed by atoms with E-state index in [-0.39, 0.29) is 10.8 Å². The Labute approximate surface area is 90.3 Å². The van der Waals surface area contributed by atoms with Crippen molar-refractivity contribution in [2.45, 2.75) is 0 Å². The van der Waals surface area contributed by atoms with Crippen molar-refractivity contribution in [2.75, 3.05) is 0 Å². The van der Waals surface area contributed by atoms with Gasteiger partial charge in [-0.3, -0.25) is 4.98 Å². The smallest absolute Gasteiger partial charge is 0.133 e. The minimum Gasteiger partial charge on any atom is -0.255 e. The van der Waals surface area contributed by atoms with E-state index in [1.165, 1.54) is 0 Å². The average molecular weight is 215 g/mol. The van der Waals surface area contributed by atoms with Crippen LogP contribution in [0.3, 0.4) is 0 Å². The summed E-state index contributed by atoms with van der Waals surface area (Å²) in [5.74, 6) is -0.871. The standard InChI is InChI=1S/C13H7F2N/c14-10-5-6-11(15)12-9(10)4-3-8-2-1-7-16-13(8)12/h1-7H. The first-order valence-electron chi connectivity index (χ1n) is 4.89. The first-order valence-corrected chi connectivity index (χ1v) is 4.89. The van der Waals surface area contributed by atoms with E-state index in [4.69, 9.17) is 0 Å². The van der Waals surface area contributed by atoms with E-state index < -0.39 is 11.6 Å². The number of hydrogen-bond acceptors (Lipinski definition) is 1. The minimum absolute atomic E-state index is 0.248. The quantitative estimate of drug-likeness (QED) is 0.521. The zero-order valence-corrected chi connectivity index (χ0v) is 8.24. The van der Waals surface area contributed by atoms with Crippen molar-refractivity contribution >= 4 is 21.7 Å². The van der Waals surface area contributed by atoms with E-state index in [0.717, 1.165) is 17.5 Å². The maximum Gasteiger partial charge on any atom is 0.133 e. The van der Waals surface area contributed by atoms with E-state index in [1.807, 2.05) is 6.07 Å². The molecule has 0 saturated heterocycles. The zero-order valence-electron chi connectivity index (χ0n) is 8.24. The summed E-state index contributed by atoms with van der Waals surface area (Å²) in [6.07, 6.45) is 1.58. The number of aromatic nitrogens is 1. The largest absolute Gasteiger partial charge is 0.255 e. The van der Waals surface area contributed by atoms with Gasteiger partial charge in [0.2, 0.25) is 0 Å².